The number of aliphatic hydroxyl groups excluding tert-OH is 1. The first-order chi connectivity index (χ1) is 17.0. The Morgan fingerprint density at radius 2 is 1.94 bits per heavy atom. The van der Waals surface area contributed by atoms with Crippen molar-refractivity contribution in [1.82, 2.24) is 9.97 Å². The van der Waals surface area contributed by atoms with Gasteiger partial charge in [-0.25, -0.2) is 4.98 Å². The standard InChI is InChI=1S/C26H26N6O3/c1-17-30-25(32-8-10-34-11-9-32)14-26(31-17)35-24-12-18(15-28)2-4-22(24)19-3-5-21(23(33)16-29)20(13-19)6-7-27/h2-5,12-14,23,33H,6,8-11,16,29H2,1H3. The zero-order valence-corrected chi connectivity index (χ0v) is 19.4. The minimum Gasteiger partial charge on any atom is -0.438 e. The number of nitriles is 2. The Labute approximate surface area is 204 Å². The molecule has 0 saturated carbocycles. The molecule has 1 saturated heterocycles. The molecule has 35 heavy (non-hydrogen) atoms. The molecule has 1 aliphatic rings. The zero-order chi connectivity index (χ0) is 24.8. The van der Waals surface area contributed by atoms with Gasteiger partial charge in [0.2, 0.25) is 5.88 Å². The van der Waals surface area contributed by atoms with Crippen LogP contribution in [0.2, 0.25) is 0 Å². The summed E-state index contributed by atoms with van der Waals surface area (Å²) in [7, 11) is 0. The van der Waals surface area contributed by atoms with Gasteiger partial charge in [0.15, 0.2) is 0 Å². The van der Waals surface area contributed by atoms with Crippen molar-refractivity contribution < 1.29 is 14.6 Å². The fraction of sp³-hybridized carbons (Fsp3) is 0.308. The molecule has 178 valence electrons. The molecular weight excluding hydrogens is 444 g/mol. The lowest BCUT2D eigenvalue weighted by atomic mass is 9.94. The highest BCUT2D eigenvalue weighted by molar-refractivity contribution is 5.73. The number of benzene rings is 2. The minimum atomic E-state index is -0.855. The van der Waals surface area contributed by atoms with Gasteiger partial charge in [0.1, 0.15) is 17.4 Å². The lowest BCUT2D eigenvalue weighted by Crippen LogP contribution is -2.36. The number of anilines is 1. The summed E-state index contributed by atoms with van der Waals surface area (Å²) < 4.78 is 11.7. The molecule has 1 aliphatic heterocycles. The Bertz CT molecular complexity index is 1290. The van der Waals surface area contributed by atoms with Gasteiger partial charge in [-0.05, 0) is 47.9 Å². The molecule has 4 rings (SSSR count). The SMILES string of the molecule is Cc1nc(Oc2cc(C#N)ccc2-c2ccc(C(O)CN)c(CC#N)c2)cc(N2CCOCC2)n1. The van der Waals surface area contributed by atoms with Crippen LogP contribution in [-0.4, -0.2) is 47.9 Å². The smallest absolute Gasteiger partial charge is 0.224 e. The Kier molecular flexibility index (Phi) is 7.54. The zero-order valence-electron chi connectivity index (χ0n) is 19.4. The average Bonchev–Trinajstić information content (AvgIpc) is 2.88. The molecule has 0 aliphatic carbocycles. The van der Waals surface area contributed by atoms with E-state index in [0.29, 0.717) is 47.4 Å². The minimum absolute atomic E-state index is 0.0571. The molecule has 1 fully saturated rings. The van der Waals surface area contributed by atoms with E-state index in [9.17, 15) is 15.6 Å². The van der Waals surface area contributed by atoms with Gasteiger partial charge in [0.25, 0.3) is 0 Å². The second kappa shape index (κ2) is 10.9. The van der Waals surface area contributed by atoms with Crippen LogP contribution in [0.15, 0.2) is 42.5 Å². The molecule has 0 radical (unpaired) electrons. The van der Waals surface area contributed by atoms with Crippen LogP contribution in [0, 0.1) is 29.6 Å². The van der Waals surface area contributed by atoms with Gasteiger partial charge in [-0.3, -0.25) is 0 Å². The Morgan fingerprint density at radius 1 is 1.14 bits per heavy atom. The number of aromatic nitrogens is 2. The highest BCUT2D eigenvalue weighted by Crippen LogP contribution is 2.36. The maximum atomic E-state index is 10.3. The normalized spacial score (nSPS) is 14.1. The topological polar surface area (TPSA) is 141 Å². The van der Waals surface area contributed by atoms with E-state index in [1.807, 2.05) is 12.1 Å². The number of aryl methyl sites for hydroxylation is 1. The maximum Gasteiger partial charge on any atom is 0.224 e. The molecule has 0 bridgehead atoms. The van der Waals surface area contributed by atoms with Crippen LogP contribution in [0.4, 0.5) is 5.82 Å². The number of hydrogen-bond acceptors (Lipinski definition) is 9. The van der Waals surface area contributed by atoms with Crippen molar-refractivity contribution in [2.45, 2.75) is 19.4 Å². The van der Waals surface area contributed by atoms with E-state index in [2.05, 4.69) is 27.0 Å². The van der Waals surface area contributed by atoms with Crippen LogP contribution in [0.5, 0.6) is 11.6 Å². The van der Waals surface area contributed by atoms with E-state index >= 15 is 0 Å². The highest BCUT2D eigenvalue weighted by atomic mass is 16.5. The summed E-state index contributed by atoms with van der Waals surface area (Å²) in [5.74, 6) is 2.14. The third-order valence-corrected chi connectivity index (χ3v) is 5.77. The van der Waals surface area contributed by atoms with Crippen LogP contribution < -0.4 is 15.4 Å². The lowest BCUT2D eigenvalue weighted by Gasteiger charge is -2.28. The molecule has 3 aromatic rings. The van der Waals surface area contributed by atoms with Crippen molar-refractivity contribution in [3.63, 3.8) is 0 Å². The molecule has 0 amide bonds. The molecule has 3 N–H and O–H groups in total. The number of morpholine rings is 1. The van der Waals surface area contributed by atoms with Crippen LogP contribution in [-0.2, 0) is 11.2 Å². The van der Waals surface area contributed by atoms with Gasteiger partial charge in [-0.15, -0.1) is 0 Å². The molecular formula is C26H26N6O3. The van der Waals surface area contributed by atoms with Crippen LogP contribution in [0.3, 0.4) is 0 Å². The number of nitrogens with zero attached hydrogens (tertiary/aromatic N) is 5. The van der Waals surface area contributed by atoms with E-state index in [1.54, 1.807) is 37.3 Å². The van der Waals surface area contributed by atoms with E-state index in [4.69, 9.17) is 15.2 Å². The third kappa shape index (κ3) is 5.56. The number of ether oxygens (including phenoxy) is 2. The quantitative estimate of drug-likeness (QED) is 0.533. The Balaban J connectivity index is 1.74. The summed E-state index contributed by atoms with van der Waals surface area (Å²) in [6.07, 6.45) is -0.729. The van der Waals surface area contributed by atoms with E-state index in [-0.39, 0.29) is 13.0 Å². The molecule has 1 unspecified atom stereocenters. The van der Waals surface area contributed by atoms with Crippen molar-refractivity contribution in [3.8, 4) is 34.9 Å². The van der Waals surface area contributed by atoms with Gasteiger partial charge in [0.05, 0.1) is 43.4 Å². The number of hydrogen-bond donors (Lipinski definition) is 2. The maximum absolute atomic E-state index is 10.3. The molecule has 2 aromatic carbocycles. The van der Waals surface area contributed by atoms with Gasteiger partial charge in [0, 0.05) is 31.3 Å². The Hall–Kier alpha value is -4.02. The average molecular weight is 471 g/mol. The molecule has 9 nitrogen and oxygen atoms in total. The fourth-order valence-corrected chi connectivity index (χ4v) is 4.02. The molecule has 9 heteroatoms. The molecule has 1 atom stereocenters. The first-order valence-corrected chi connectivity index (χ1v) is 11.3. The molecule has 1 aromatic heterocycles. The van der Waals surface area contributed by atoms with Gasteiger partial charge < -0.3 is 25.2 Å². The summed E-state index contributed by atoms with van der Waals surface area (Å²) in [5, 5.41) is 29.0. The predicted molar refractivity (Wildman–Crippen MR) is 130 cm³/mol. The first kappa shape index (κ1) is 24.1. The van der Waals surface area contributed by atoms with Crippen LogP contribution in [0.25, 0.3) is 11.1 Å². The van der Waals surface area contributed by atoms with E-state index in [0.717, 1.165) is 30.0 Å². The van der Waals surface area contributed by atoms with Crippen molar-refractivity contribution in [3.05, 3.63) is 65.0 Å². The largest absolute Gasteiger partial charge is 0.438 e. The summed E-state index contributed by atoms with van der Waals surface area (Å²) in [6, 6.07) is 16.7. The number of rotatable bonds is 7. The second-order valence-electron chi connectivity index (χ2n) is 8.14. The van der Waals surface area contributed by atoms with Crippen molar-refractivity contribution in [2.75, 3.05) is 37.7 Å². The summed E-state index contributed by atoms with van der Waals surface area (Å²) >= 11 is 0. The van der Waals surface area contributed by atoms with Crippen molar-refractivity contribution >= 4 is 5.82 Å². The van der Waals surface area contributed by atoms with E-state index < -0.39 is 6.10 Å². The van der Waals surface area contributed by atoms with E-state index in [1.165, 1.54) is 0 Å². The van der Waals surface area contributed by atoms with Crippen LogP contribution >= 0.6 is 0 Å². The monoisotopic (exact) mass is 470 g/mol. The first-order valence-electron chi connectivity index (χ1n) is 11.3. The predicted octanol–water partition coefficient (Wildman–Crippen LogP) is 3.01. The van der Waals surface area contributed by atoms with Crippen molar-refractivity contribution in [2.24, 2.45) is 5.73 Å². The Morgan fingerprint density at radius 3 is 2.66 bits per heavy atom. The fourth-order valence-electron chi connectivity index (χ4n) is 4.02. The molecule has 0 spiro atoms. The molecule has 2 heterocycles. The van der Waals surface area contributed by atoms with Crippen LogP contribution in [0.1, 0.15) is 28.6 Å². The van der Waals surface area contributed by atoms with Gasteiger partial charge >= 0.3 is 0 Å². The second-order valence-corrected chi connectivity index (χ2v) is 8.14. The lowest BCUT2D eigenvalue weighted by molar-refractivity contribution is 0.122. The van der Waals surface area contributed by atoms with Gasteiger partial charge in [-0.1, -0.05) is 12.1 Å². The number of nitrogens with two attached hydrogens (primary N) is 1. The third-order valence-electron chi connectivity index (χ3n) is 5.77. The summed E-state index contributed by atoms with van der Waals surface area (Å²) in [6.45, 7) is 4.59. The highest BCUT2D eigenvalue weighted by Gasteiger charge is 2.18. The summed E-state index contributed by atoms with van der Waals surface area (Å²) in [4.78, 5) is 11.1. The number of aliphatic hydroxyl groups is 1. The summed E-state index contributed by atoms with van der Waals surface area (Å²) in [5.41, 5.74) is 8.88. The van der Waals surface area contributed by atoms with Gasteiger partial charge in [-0.2, -0.15) is 15.5 Å². The van der Waals surface area contributed by atoms with Crippen molar-refractivity contribution in [1.29, 1.82) is 10.5 Å².